The minimum Gasteiger partial charge on any atom is -0.355 e. The zero-order valence-electron chi connectivity index (χ0n) is 11.8. The second-order valence-corrected chi connectivity index (χ2v) is 4.35. The summed E-state index contributed by atoms with van der Waals surface area (Å²) >= 11 is 0. The highest BCUT2D eigenvalue weighted by Gasteiger charge is 2.15. The minimum atomic E-state index is -0.619. The molecule has 0 saturated carbocycles. The Labute approximate surface area is 117 Å². The van der Waals surface area contributed by atoms with Gasteiger partial charge in [0.2, 0.25) is 11.8 Å². The van der Waals surface area contributed by atoms with E-state index in [9.17, 15) is 14.4 Å². The maximum absolute atomic E-state index is 12.0. The zero-order chi connectivity index (χ0) is 15.1. The van der Waals surface area contributed by atoms with Crippen LogP contribution in [-0.4, -0.2) is 30.3 Å². The molecule has 3 amide bonds. The van der Waals surface area contributed by atoms with Gasteiger partial charge in [0, 0.05) is 24.7 Å². The van der Waals surface area contributed by atoms with E-state index < -0.39 is 6.04 Å². The van der Waals surface area contributed by atoms with E-state index in [2.05, 4.69) is 16.0 Å². The molecule has 0 fully saturated rings. The van der Waals surface area contributed by atoms with Crippen LogP contribution in [0.3, 0.4) is 0 Å². The van der Waals surface area contributed by atoms with Crippen molar-refractivity contribution >= 4 is 23.4 Å². The number of hydrogen-bond donors (Lipinski definition) is 3. The number of rotatable bonds is 5. The number of hydrogen-bond acceptors (Lipinski definition) is 3. The molecule has 0 aliphatic rings. The Kier molecular flexibility index (Phi) is 5.71. The fraction of sp³-hybridized carbons (Fsp3) is 0.357. The number of carbonyl (C=O) groups is 3. The van der Waals surface area contributed by atoms with Crippen molar-refractivity contribution in [3.05, 3.63) is 29.8 Å². The Morgan fingerprint density at radius 3 is 2.55 bits per heavy atom. The van der Waals surface area contributed by atoms with Gasteiger partial charge in [0.15, 0.2) is 0 Å². The van der Waals surface area contributed by atoms with Crippen molar-refractivity contribution in [1.82, 2.24) is 10.6 Å². The van der Waals surface area contributed by atoms with Crippen molar-refractivity contribution < 1.29 is 14.4 Å². The van der Waals surface area contributed by atoms with Gasteiger partial charge in [-0.15, -0.1) is 0 Å². The lowest BCUT2D eigenvalue weighted by atomic mass is 10.1. The van der Waals surface area contributed by atoms with Gasteiger partial charge in [-0.3, -0.25) is 14.4 Å². The Bertz CT molecular complexity index is 514. The first-order chi connectivity index (χ1) is 9.43. The fourth-order valence-electron chi connectivity index (χ4n) is 1.61. The maximum Gasteiger partial charge on any atom is 0.251 e. The summed E-state index contributed by atoms with van der Waals surface area (Å²) in [6.07, 6.45) is 0. The topological polar surface area (TPSA) is 87.3 Å². The molecule has 6 heteroatoms. The van der Waals surface area contributed by atoms with E-state index in [0.29, 0.717) is 17.8 Å². The Morgan fingerprint density at radius 1 is 1.25 bits per heavy atom. The Morgan fingerprint density at radius 2 is 1.95 bits per heavy atom. The van der Waals surface area contributed by atoms with Crippen molar-refractivity contribution in [2.24, 2.45) is 0 Å². The number of benzene rings is 1. The van der Waals surface area contributed by atoms with Crippen LogP contribution < -0.4 is 16.0 Å². The fourth-order valence-corrected chi connectivity index (χ4v) is 1.61. The summed E-state index contributed by atoms with van der Waals surface area (Å²) in [5.41, 5.74) is 0.920. The molecule has 0 aliphatic carbocycles. The standard InChI is InChI=1S/C14H19N3O3/c1-4-15-13(19)9(2)16-14(20)11-6-5-7-12(8-11)17-10(3)18/h5-9H,4H2,1-3H3,(H,15,19)(H,16,20)(H,17,18)/t9-/m0/s1. The van der Waals surface area contributed by atoms with Crippen molar-refractivity contribution in [1.29, 1.82) is 0 Å². The third-order valence-corrected chi connectivity index (χ3v) is 2.54. The van der Waals surface area contributed by atoms with Gasteiger partial charge < -0.3 is 16.0 Å². The van der Waals surface area contributed by atoms with E-state index >= 15 is 0 Å². The molecule has 0 radical (unpaired) electrons. The molecule has 1 aromatic rings. The average molecular weight is 277 g/mol. The van der Waals surface area contributed by atoms with Crippen LogP contribution in [0.15, 0.2) is 24.3 Å². The molecular formula is C14H19N3O3. The van der Waals surface area contributed by atoms with Crippen LogP contribution in [0.1, 0.15) is 31.1 Å². The number of anilines is 1. The smallest absolute Gasteiger partial charge is 0.251 e. The van der Waals surface area contributed by atoms with Crippen LogP contribution in [0.4, 0.5) is 5.69 Å². The van der Waals surface area contributed by atoms with E-state index in [4.69, 9.17) is 0 Å². The minimum absolute atomic E-state index is 0.210. The van der Waals surface area contributed by atoms with Gasteiger partial charge >= 0.3 is 0 Å². The number of likely N-dealkylation sites (N-methyl/N-ethyl adjacent to an activating group) is 1. The van der Waals surface area contributed by atoms with Crippen LogP contribution in [0, 0.1) is 0 Å². The molecule has 0 bridgehead atoms. The average Bonchev–Trinajstić information content (AvgIpc) is 2.38. The normalized spacial score (nSPS) is 11.3. The largest absolute Gasteiger partial charge is 0.355 e. The Hall–Kier alpha value is -2.37. The highest BCUT2D eigenvalue weighted by atomic mass is 16.2. The molecule has 6 nitrogen and oxygen atoms in total. The molecule has 1 aromatic carbocycles. The monoisotopic (exact) mass is 277 g/mol. The SMILES string of the molecule is CCNC(=O)[C@H](C)NC(=O)c1cccc(NC(C)=O)c1. The quantitative estimate of drug-likeness (QED) is 0.747. The van der Waals surface area contributed by atoms with Gasteiger partial charge in [-0.2, -0.15) is 0 Å². The summed E-state index contributed by atoms with van der Waals surface area (Å²) < 4.78 is 0. The van der Waals surface area contributed by atoms with Crippen molar-refractivity contribution in [2.75, 3.05) is 11.9 Å². The van der Waals surface area contributed by atoms with Gasteiger partial charge in [0.1, 0.15) is 6.04 Å². The molecule has 0 saturated heterocycles. The van der Waals surface area contributed by atoms with Gasteiger partial charge in [-0.05, 0) is 32.0 Å². The second-order valence-electron chi connectivity index (χ2n) is 4.35. The highest BCUT2D eigenvalue weighted by molar-refractivity contribution is 5.99. The molecule has 0 unspecified atom stereocenters. The third-order valence-electron chi connectivity index (χ3n) is 2.54. The predicted octanol–water partition coefficient (Wildman–Crippen LogP) is 0.899. The van der Waals surface area contributed by atoms with Crippen LogP contribution in [0.2, 0.25) is 0 Å². The summed E-state index contributed by atoms with van der Waals surface area (Å²) in [4.78, 5) is 34.5. The summed E-state index contributed by atoms with van der Waals surface area (Å²) in [6, 6.07) is 5.90. The first-order valence-corrected chi connectivity index (χ1v) is 6.40. The summed E-state index contributed by atoms with van der Waals surface area (Å²) in [5, 5.41) is 7.82. The first-order valence-electron chi connectivity index (χ1n) is 6.40. The van der Waals surface area contributed by atoms with Gasteiger partial charge in [0.05, 0.1) is 0 Å². The van der Waals surface area contributed by atoms with E-state index in [1.165, 1.54) is 6.92 Å². The Balaban J connectivity index is 2.72. The van der Waals surface area contributed by atoms with Crippen LogP contribution in [-0.2, 0) is 9.59 Å². The summed E-state index contributed by atoms with van der Waals surface area (Å²) in [6.45, 7) is 5.32. The van der Waals surface area contributed by atoms with E-state index in [1.54, 1.807) is 31.2 Å². The number of amides is 3. The van der Waals surface area contributed by atoms with Crippen molar-refractivity contribution in [2.45, 2.75) is 26.8 Å². The second kappa shape index (κ2) is 7.28. The molecule has 0 aromatic heterocycles. The van der Waals surface area contributed by atoms with E-state index in [0.717, 1.165) is 0 Å². The van der Waals surface area contributed by atoms with Gasteiger partial charge in [-0.25, -0.2) is 0 Å². The van der Waals surface area contributed by atoms with Crippen LogP contribution >= 0.6 is 0 Å². The highest BCUT2D eigenvalue weighted by Crippen LogP contribution is 2.10. The molecular weight excluding hydrogens is 258 g/mol. The van der Waals surface area contributed by atoms with Crippen molar-refractivity contribution in [3.63, 3.8) is 0 Å². The summed E-state index contributed by atoms with van der Waals surface area (Å²) in [7, 11) is 0. The van der Waals surface area contributed by atoms with Crippen molar-refractivity contribution in [3.8, 4) is 0 Å². The molecule has 1 atom stereocenters. The van der Waals surface area contributed by atoms with E-state index in [-0.39, 0.29) is 17.7 Å². The van der Waals surface area contributed by atoms with Gasteiger partial charge in [0.25, 0.3) is 5.91 Å². The zero-order valence-corrected chi connectivity index (χ0v) is 11.8. The first kappa shape index (κ1) is 15.7. The lowest BCUT2D eigenvalue weighted by Gasteiger charge is -2.13. The molecule has 0 heterocycles. The maximum atomic E-state index is 12.0. The molecule has 3 N–H and O–H groups in total. The lowest BCUT2D eigenvalue weighted by molar-refractivity contribution is -0.122. The predicted molar refractivity (Wildman–Crippen MR) is 76.4 cm³/mol. The molecule has 108 valence electrons. The van der Waals surface area contributed by atoms with E-state index in [1.807, 2.05) is 6.92 Å². The molecule has 0 aliphatic heterocycles. The number of carbonyl (C=O) groups excluding carboxylic acids is 3. The lowest BCUT2D eigenvalue weighted by Crippen LogP contribution is -2.44. The molecule has 0 spiro atoms. The summed E-state index contributed by atoms with van der Waals surface area (Å²) in [5.74, 6) is -0.812. The van der Waals surface area contributed by atoms with Gasteiger partial charge in [-0.1, -0.05) is 6.07 Å². The molecule has 1 rings (SSSR count). The number of nitrogens with one attached hydrogen (secondary N) is 3. The van der Waals surface area contributed by atoms with Crippen LogP contribution in [0.5, 0.6) is 0 Å². The molecule has 20 heavy (non-hydrogen) atoms. The van der Waals surface area contributed by atoms with Crippen LogP contribution in [0.25, 0.3) is 0 Å². The third kappa shape index (κ3) is 4.72.